The number of anilines is 1. The standard InChI is InChI=1S/C11H11N3O/c1-7-2-8(5-13-4-7)9-3-10(12)11(15)14-6-9/h2-6H,12H2,1H3,(H,14,15). The first-order chi connectivity index (χ1) is 7.16. The summed E-state index contributed by atoms with van der Waals surface area (Å²) in [5.41, 5.74) is 8.36. The zero-order valence-corrected chi connectivity index (χ0v) is 8.32. The fourth-order valence-electron chi connectivity index (χ4n) is 1.38. The van der Waals surface area contributed by atoms with E-state index < -0.39 is 0 Å². The quantitative estimate of drug-likeness (QED) is 0.731. The fourth-order valence-corrected chi connectivity index (χ4v) is 1.38. The van der Waals surface area contributed by atoms with Crippen molar-refractivity contribution in [3.05, 3.63) is 46.6 Å². The lowest BCUT2D eigenvalue weighted by molar-refractivity contribution is 1.23. The molecule has 2 rings (SSSR count). The van der Waals surface area contributed by atoms with E-state index >= 15 is 0 Å². The number of rotatable bonds is 1. The highest BCUT2D eigenvalue weighted by Gasteiger charge is 2.01. The first-order valence-corrected chi connectivity index (χ1v) is 4.57. The molecule has 0 atom stereocenters. The summed E-state index contributed by atoms with van der Waals surface area (Å²) in [7, 11) is 0. The van der Waals surface area contributed by atoms with Crippen molar-refractivity contribution in [2.75, 3.05) is 5.73 Å². The summed E-state index contributed by atoms with van der Waals surface area (Å²) < 4.78 is 0. The molecule has 2 heterocycles. The third kappa shape index (κ3) is 1.88. The summed E-state index contributed by atoms with van der Waals surface area (Å²) in [6.45, 7) is 1.96. The molecule has 0 aromatic carbocycles. The Labute approximate surface area is 86.8 Å². The summed E-state index contributed by atoms with van der Waals surface area (Å²) in [5.74, 6) is 0. The minimum absolute atomic E-state index is 0.217. The van der Waals surface area contributed by atoms with Gasteiger partial charge in [-0.05, 0) is 24.6 Å². The van der Waals surface area contributed by atoms with E-state index in [1.165, 1.54) is 0 Å². The monoisotopic (exact) mass is 201 g/mol. The van der Waals surface area contributed by atoms with Gasteiger partial charge >= 0.3 is 0 Å². The summed E-state index contributed by atoms with van der Waals surface area (Å²) >= 11 is 0. The minimum Gasteiger partial charge on any atom is -0.394 e. The predicted octanol–water partition coefficient (Wildman–Crippen LogP) is 1.33. The molecule has 2 aromatic heterocycles. The molecule has 4 nitrogen and oxygen atoms in total. The van der Waals surface area contributed by atoms with Crippen molar-refractivity contribution in [2.45, 2.75) is 6.92 Å². The summed E-state index contributed by atoms with van der Waals surface area (Å²) in [5, 5.41) is 0. The van der Waals surface area contributed by atoms with Gasteiger partial charge in [-0.25, -0.2) is 0 Å². The van der Waals surface area contributed by atoms with Crippen molar-refractivity contribution in [1.29, 1.82) is 0 Å². The number of hydrogen-bond acceptors (Lipinski definition) is 3. The molecule has 0 aliphatic carbocycles. The zero-order valence-electron chi connectivity index (χ0n) is 8.32. The summed E-state index contributed by atoms with van der Waals surface area (Å²) in [6.07, 6.45) is 5.15. The number of nitrogens with zero attached hydrogens (tertiary/aromatic N) is 1. The molecule has 0 unspecified atom stereocenters. The van der Waals surface area contributed by atoms with E-state index in [0.29, 0.717) is 0 Å². The molecule has 0 bridgehead atoms. The molecule has 0 saturated carbocycles. The fraction of sp³-hybridized carbons (Fsp3) is 0.0909. The Morgan fingerprint density at radius 2 is 2.07 bits per heavy atom. The number of nitrogens with one attached hydrogen (secondary N) is 1. The molecule has 0 aliphatic rings. The highest BCUT2D eigenvalue weighted by atomic mass is 16.1. The molecule has 0 aliphatic heterocycles. The van der Waals surface area contributed by atoms with Crippen molar-refractivity contribution < 1.29 is 0 Å². The molecule has 4 heteroatoms. The van der Waals surface area contributed by atoms with Crippen LogP contribution in [0.25, 0.3) is 11.1 Å². The molecule has 0 radical (unpaired) electrons. The first kappa shape index (κ1) is 9.45. The molecule has 0 spiro atoms. The van der Waals surface area contributed by atoms with E-state index in [1.807, 2.05) is 13.0 Å². The highest BCUT2D eigenvalue weighted by molar-refractivity contribution is 5.65. The predicted molar refractivity (Wildman–Crippen MR) is 59.4 cm³/mol. The Balaban J connectivity index is 2.55. The van der Waals surface area contributed by atoms with Crippen LogP contribution in [0.2, 0.25) is 0 Å². The molecule has 3 N–H and O–H groups in total. The zero-order chi connectivity index (χ0) is 10.8. The first-order valence-electron chi connectivity index (χ1n) is 4.57. The number of H-pyrrole nitrogens is 1. The second kappa shape index (κ2) is 3.57. The van der Waals surface area contributed by atoms with E-state index in [2.05, 4.69) is 9.97 Å². The van der Waals surface area contributed by atoms with Crippen LogP contribution in [-0.2, 0) is 0 Å². The lowest BCUT2D eigenvalue weighted by Crippen LogP contribution is -2.10. The maximum absolute atomic E-state index is 11.1. The van der Waals surface area contributed by atoms with Crippen LogP contribution in [0, 0.1) is 6.92 Å². The van der Waals surface area contributed by atoms with Gasteiger partial charge in [-0.3, -0.25) is 9.78 Å². The Hall–Kier alpha value is -2.10. The van der Waals surface area contributed by atoms with Crippen LogP contribution in [-0.4, -0.2) is 9.97 Å². The van der Waals surface area contributed by atoms with Gasteiger partial charge in [0.15, 0.2) is 0 Å². The van der Waals surface area contributed by atoms with Gasteiger partial charge in [0, 0.05) is 29.7 Å². The SMILES string of the molecule is Cc1cncc(-c2c[nH]c(=O)c(N)c2)c1. The number of aromatic amines is 1. The maximum Gasteiger partial charge on any atom is 0.271 e. The van der Waals surface area contributed by atoms with Gasteiger partial charge in [0.25, 0.3) is 5.56 Å². The van der Waals surface area contributed by atoms with Crippen LogP contribution < -0.4 is 11.3 Å². The smallest absolute Gasteiger partial charge is 0.271 e. The van der Waals surface area contributed by atoms with E-state index in [1.54, 1.807) is 24.7 Å². The largest absolute Gasteiger partial charge is 0.394 e. The van der Waals surface area contributed by atoms with E-state index in [-0.39, 0.29) is 11.2 Å². The molecule has 0 fully saturated rings. The van der Waals surface area contributed by atoms with Crippen LogP contribution >= 0.6 is 0 Å². The Bertz CT molecular complexity index is 546. The van der Waals surface area contributed by atoms with E-state index in [9.17, 15) is 4.79 Å². The molecule has 0 saturated heterocycles. The normalized spacial score (nSPS) is 10.2. The molecular formula is C11H11N3O. The number of pyridine rings is 2. The Morgan fingerprint density at radius 3 is 2.73 bits per heavy atom. The summed E-state index contributed by atoms with van der Waals surface area (Å²) in [4.78, 5) is 17.7. The molecule has 76 valence electrons. The summed E-state index contributed by atoms with van der Waals surface area (Å²) in [6, 6.07) is 3.63. The number of aryl methyl sites for hydroxylation is 1. The molecule has 0 amide bonds. The van der Waals surface area contributed by atoms with Crippen molar-refractivity contribution in [2.24, 2.45) is 0 Å². The number of nitrogens with two attached hydrogens (primary N) is 1. The van der Waals surface area contributed by atoms with Crippen LogP contribution in [0.5, 0.6) is 0 Å². The highest BCUT2D eigenvalue weighted by Crippen LogP contribution is 2.18. The molecule has 2 aromatic rings. The lowest BCUT2D eigenvalue weighted by atomic mass is 10.1. The van der Waals surface area contributed by atoms with Crippen LogP contribution in [0.3, 0.4) is 0 Å². The van der Waals surface area contributed by atoms with Crippen molar-refractivity contribution in [3.8, 4) is 11.1 Å². The Kier molecular flexibility index (Phi) is 2.25. The van der Waals surface area contributed by atoms with E-state index in [4.69, 9.17) is 5.73 Å². The average molecular weight is 201 g/mol. The topological polar surface area (TPSA) is 71.8 Å². The third-order valence-corrected chi connectivity index (χ3v) is 2.14. The van der Waals surface area contributed by atoms with Gasteiger partial charge < -0.3 is 10.7 Å². The minimum atomic E-state index is -0.264. The van der Waals surface area contributed by atoms with Gasteiger partial charge in [-0.2, -0.15) is 0 Å². The van der Waals surface area contributed by atoms with Crippen LogP contribution in [0.1, 0.15) is 5.56 Å². The molecule has 15 heavy (non-hydrogen) atoms. The van der Waals surface area contributed by atoms with Crippen molar-refractivity contribution in [3.63, 3.8) is 0 Å². The van der Waals surface area contributed by atoms with E-state index in [0.717, 1.165) is 16.7 Å². The number of hydrogen-bond donors (Lipinski definition) is 2. The van der Waals surface area contributed by atoms with Crippen molar-refractivity contribution in [1.82, 2.24) is 9.97 Å². The van der Waals surface area contributed by atoms with Gasteiger partial charge in [-0.1, -0.05) is 0 Å². The van der Waals surface area contributed by atoms with Crippen molar-refractivity contribution >= 4 is 5.69 Å². The van der Waals surface area contributed by atoms with Gasteiger partial charge in [-0.15, -0.1) is 0 Å². The second-order valence-electron chi connectivity index (χ2n) is 3.42. The maximum atomic E-state index is 11.1. The number of aromatic nitrogens is 2. The van der Waals surface area contributed by atoms with Gasteiger partial charge in [0.05, 0.1) is 5.69 Å². The van der Waals surface area contributed by atoms with Gasteiger partial charge in [0.1, 0.15) is 0 Å². The lowest BCUT2D eigenvalue weighted by Gasteiger charge is -2.02. The average Bonchev–Trinajstić information content (AvgIpc) is 2.22. The Morgan fingerprint density at radius 1 is 1.27 bits per heavy atom. The number of nitrogen functional groups attached to an aromatic ring is 1. The van der Waals surface area contributed by atoms with Crippen LogP contribution in [0.15, 0.2) is 35.5 Å². The molecular weight excluding hydrogens is 190 g/mol. The van der Waals surface area contributed by atoms with Crippen LogP contribution in [0.4, 0.5) is 5.69 Å². The second-order valence-corrected chi connectivity index (χ2v) is 3.42. The van der Waals surface area contributed by atoms with Gasteiger partial charge in [0.2, 0.25) is 0 Å². The third-order valence-electron chi connectivity index (χ3n) is 2.14.